The number of hydrogen-bond donors (Lipinski definition) is 1. The fourth-order valence-electron chi connectivity index (χ4n) is 2.98. The molecule has 146 valence electrons. The van der Waals surface area contributed by atoms with E-state index in [0.717, 1.165) is 30.0 Å². The molecule has 1 amide bonds. The van der Waals surface area contributed by atoms with Crippen molar-refractivity contribution < 1.29 is 19.0 Å². The highest BCUT2D eigenvalue weighted by Gasteiger charge is 2.17. The number of nitrogens with one attached hydrogen (secondary N) is 1. The van der Waals surface area contributed by atoms with Gasteiger partial charge in [0.2, 0.25) is 5.75 Å². The summed E-state index contributed by atoms with van der Waals surface area (Å²) in [6.45, 7) is 8.11. The van der Waals surface area contributed by atoms with Crippen LogP contribution in [0.3, 0.4) is 0 Å². The maximum Gasteiger partial charge on any atom is 0.255 e. The van der Waals surface area contributed by atoms with Crippen molar-refractivity contribution in [1.29, 1.82) is 0 Å². The summed E-state index contributed by atoms with van der Waals surface area (Å²) in [6, 6.07) is 9.30. The molecule has 0 spiro atoms. The van der Waals surface area contributed by atoms with Gasteiger partial charge >= 0.3 is 0 Å². The molecule has 0 fully saturated rings. The zero-order chi connectivity index (χ0) is 20.0. The number of benzene rings is 2. The molecule has 2 aromatic rings. The lowest BCUT2D eigenvalue weighted by Gasteiger charge is -2.22. The largest absolute Gasteiger partial charge is 0.493 e. The second-order valence-electron chi connectivity index (χ2n) is 6.04. The SMILES string of the molecule is CCN(CC)c1ccc(NC(=O)c2cc(OC)c(OC)c(OC)c2)c(C)c1. The molecule has 6 heteroatoms. The van der Waals surface area contributed by atoms with Gasteiger partial charge in [0.1, 0.15) is 0 Å². The zero-order valence-corrected chi connectivity index (χ0v) is 16.9. The standard InChI is InChI=1S/C21H28N2O4/c1-7-23(8-2)16-9-10-17(14(3)11-16)22-21(24)15-12-18(25-4)20(27-6)19(13-15)26-5/h9-13H,7-8H2,1-6H3,(H,22,24). The molecule has 0 aliphatic carbocycles. The maximum absolute atomic E-state index is 12.8. The van der Waals surface area contributed by atoms with Crippen molar-refractivity contribution in [1.82, 2.24) is 0 Å². The quantitative estimate of drug-likeness (QED) is 0.755. The van der Waals surface area contributed by atoms with E-state index in [1.165, 1.54) is 21.3 Å². The van der Waals surface area contributed by atoms with Crippen LogP contribution in [-0.2, 0) is 0 Å². The van der Waals surface area contributed by atoms with Gasteiger partial charge in [0, 0.05) is 30.0 Å². The molecule has 0 radical (unpaired) electrons. The van der Waals surface area contributed by atoms with E-state index in [4.69, 9.17) is 14.2 Å². The Kier molecular flexibility index (Phi) is 6.93. The lowest BCUT2D eigenvalue weighted by atomic mass is 10.1. The fourth-order valence-corrected chi connectivity index (χ4v) is 2.98. The summed E-state index contributed by atoms with van der Waals surface area (Å²) in [5, 5.41) is 2.96. The molecule has 27 heavy (non-hydrogen) atoms. The third-order valence-electron chi connectivity index (χ3n) is 4.51. The van der Waals surface area contributed by atoms with E-state index in [-0.39, 0.29) is 5.91 Å². The molecule has 0 saturated carbocycles. The van der Waals surface area contributed by atoms with Gasteiger partial charge in [-0.05, 0) is 56.7 Å². The Hall–Kier alpha value is -2.89. The molecule has 0 aromatic heterocycles. The van der Waals surface area contributed by atoms with Gasteiger partial charge in [-0.1, -0.05) is 0 Å². The average Bonchev–Trinajstić information content (AvgIpc) is 2.69. The number of ether oxygens (including phenoxy) is 3. The van der Waals surface area contributed by atoms with Crippen molar-refractivity contribution in [3.63, 3.8) is 0 Å². The van der Waals surface area contributed by atoms with E-state index in [1.807, 2.05) is 19.1 Å². The highest BCUT2D eigenvalue weighted by atomic mass is 16.5. The Morgan fingerprint density at radius 3 is 2.00 bits per heavy atom. The molecular formula is C21H28N2O4. The lowest BCUT2D eigenvalue weighted by molar-refractivity contribution is 0.102. The number of anilines is 2. The smallest absolute Gasteiger partial charge is 0.255 e. The molecule has 2 rings (SSSR count). The Morgan fingerprint density at radius 2 is 1.56 bits per heavy atom. The third-order valence-corrected chi connectivity index (χ3v) is 4.51. The lowest BCUT2D eigenvalue weighted by Crippen LogP contribution is -2.22. The van der Waals surface area contributed by atoms with Crippen molar-refractivity contribution >= 4 is 17.3 Å². The Morgan fingerprint density at radius 1 is 0.963 bits per heavy atom. The van der Waals surface area contributed by atoms with Gasteiger partial charge in [-0.25, -0.2) is 0 Å². The van der Waals surface area contributed by atoms with Crippen LogP contribution >= 0.6 is 0 Å². The minimum Gasteiger partial charge on any atom is -0.493 e. The topological polar surface area (TPSA) is 60.0 Å². The Labute approximate surface area is 161 Å². The number of methoxy groups -OCH3 is 3. The van der Waals surface area contributed by atoms with Crippen LogP contribution in [0.2, 0.25) is 0 Å². The van der Waals surface area contributed by atoms with Crippen molar-refractivity contribution in [2.45, 2.75) is 20.8 Å². The van der Waals surface area contributed by atoms with Crippen molar-refractivity contribution in [3.8, 4) is 17.2 Å². The highest BCUT2D eigenvalue weighted by Crippen LogP contribution is 2.38. The molecule has 0 aliphatic rings. The number of hydrogen-bond acceptors (Lipinski definition) is 5. The number of amides is 1. The zero-order valence-electron chi connectivity index (χ0n) is 16.9. The van der Waals surface area contributed by atoms with Crippen LogP contribution in [-0.4, -0.2) is 40.3 Å². The highest BCUT2D eigenvalue weighted by molar-refractivity contribution is 6.05. The summed E-state index contributed by atoms with van der Waals surface area (Å²) >= 11 is 0. The average molecular weight is 372 g/mol. The summed E-state index contributed by atoms with van der Waals surface area (Å²) in [5.74, 6) is 1.09. The molecule has 0 heterocycles. The van der Waals surface area contributed by atoms with E-state index in [0.29, 0.717) is 22.8 Å². The normalized spacial score (nSPS) is 10.3. The van der Waals surface area contributed by atoms with Gasteiger partial charge in [0.25, 0.3) is 5.91 Å². The molecule has 0 aliphatic heterocycles. The molecule has 0 atom stereocenters. The number of carbonyl (C=O) groups is 1. The molecule has 1 N–H and O–H groups in total. The first-order valence-electron chi connectivity index (χ1n) is 8.95. The van der Waals surface area contributed by atoms with Gasteiger partial charge in [-0.15, -0.1) is 0 Å². The molecule has 0 saturated heterocycles. The maximum atomic E-state index is 12.8. The van der Waals surface area contributed by atoms with Crippen LogP contribution in [0.15, 0.2) is 30.3 Å². The van der Waals surface area contributed by atoms with Gasteiger partial charge in [-0.3, -0.25) is 4.79 Å². The van der Waals surface area contributed by atoms with Gasteiger partial charge < -0.3 is 24.4 Å². The third kappa shape index (κ3) is 4.45. The molecule has 0 bridgehead atoms. The first kappa shape index (κ1) is 20.4. The van der Waals surface area contributed by atoms with Crippen molar-refractivity contribution in [3.05, 3.63) is 41.5 Å². The number of carbonyl (C=O) groups excluding carboxylic acids is 1. The molecule has 2 aromatic carbocycles. The van der Waals surface area contributed by atoms with E-state index in [9.17, 15) is 4.79 Å². The van der Waals surface area contributed by atoms with Crippen LogP contribution in [0.1, 0.15) is 29.8 Å². The molecule has 6 nitrogen and oxygen atoms in total. The summed E-state index contributed by atoms with van der Waals surface area (Å²) in [6.07, 6.45) is 0. The monoisotopic (exact) mass is 372 g/mol. The van der Waals surface area contributed by atoms with E-state index >= 15 is 0 Å². The van der Waals surface area contributed by atoms with E-state index in [2.05, 4.69) is 30.1 Å². The number of nitrogens with zero attached hydrogens (tertiary/aromatic N) is 1. The summed E-state index contributed by atoms with van der Waals surface area (Å²) in [4.78, 5) is 15.0. The van der Waals surface area contributed by atoms with Crippen LogP contribution in [0.5, 0.6) is 17.2 Å². The van der Waals surface area contributed by atoms with Crippen LogP contribution in [0, 0.1) is 6.92 Å². The molecular weight excluding hydrogens is 344 g/mol. The summed E-state index contributed by atoms with van der Waals surface area (Å²) in [5.41, 5.74) is 3.34. The predicted octanol–water partition coefficient (Wildman–Crippen LogP) is 4.12. The van der Waals surface area contributed by atoms with E-state index in [1.54, 1.807) is 12.1 Å². The number of aryl methyl sites for hydroxylation is 1. The second-order valence-corrected chi connectivity index (χ2v) is 6.04. The summed E-state index contributed by atoms with van der Waals surface area (Å²) < 4.78 is 15.9. The van der Waals surface area contributed by atoms with Crippen molar-refractivity contribution in [2.24, 2.45) is 0 Å². The van der Waals surface area contributed by atoms with E-state index < -0.39 is 0 Å². The van der Waals surface area contributed by atoms with Gasteiger partial charge in [0.15, 0.2) is 11.5 Å². The van der Waals surface area contributed by atoms with Crippen LogP contribution < -0.4 is 24.4 Å². The van der Waals surface area contributed by atoms with Crippen molar-refractivity contribution in [2.75, 3.05) is 44.6 Å². The van der Waals surface area contributed by atoms with Gasteiger partial charge in [-0.2, -0.15) is 0 Å². The second kappa shape index (κ2) is 9.16. The fraction of sp³-hybridized carbons (Fsp3) is 0.381. The summed E-state index contributed by atoms with van der Waals surface area (Å²) in [7, 11) is 4.57. The predicted molar refractivity (Wildman–Crippen MR) is 109 cm³/mol. The number of rotatable bonds is 8. The van der Waals surface area contributed by atoms with Crippen LogP contribution in [0.25, 0.3) is 0 Å². The first-order valence-corrected chi connectivity index (χ1v) is 8.95. The van der Waals surface area contributed by atoms with Crippen LogP contribution in [0.4, 0.5) is 11.4 Å². The minimum absolute atomic E-state index is 0.243. The van der Waals surface area contributed by atoms with Gasteiger partial charge in [0.05, 0.1) is 21.3 Å². The first-order chi connectivity index (χ1) is 13.0. The minimum atomic E-state index is -0.243. The Bertz CT molecular complexity index is 776. The molecule has 0 unspecified atom stereocenters. The Balaban J connectivity index is 2.29.